The molecule has 140 valence electrons. The number of alkyl halides is 3. The number of aliphatic hydroxyl groups is 1. The zero-order chi connectivity index (χ0) is 19.6. The first-order valence-corrected chi connectivity index (χ1v) is 7.88. The molecule has 2 N–H and O–H groups in total. The third kappa shape index (κ3) is 4.35. The van der Waals surface area contributed by atoms with E-state index in [-0.39, 0.29) is 16.8 Å². The van der Waals surface area contributed by atoms with Gasteiger partial charge in [-0.1, -0.05) is 42.5 Å². The van der Waals surface area contributed by atoms with Crippen LogP contribution in [0.3, 0.4) is 0 Å². The Balaban J connectivity index is 2.31. The summed E-state index contributed by atoms with van der Waals surface area (Å²) in [6.07, 6.45) is -5.64. The molecule has 1 unspecified atom stereocenters. The summed E-state index contributed by atoms with van der Waals surface area (Å²) in [6.45, 7) is 5.08. The van der Waals surface area contributed by atoms with Crippen LogP contribution >= 0.6 is 0 Å². The van der Waals surface area contributed by atoms with Crippen molar-refractivity contribution in [2.45, 2.75) is 38.1 Å². The smallest absolute Gasteiger partial charge is 0.425 e. The Hall–Kier alpha value is -2.54. The molecule has 0 heterocycles. The van der Waals surface area contributed by atoms with Gasteiger partial charge in [-0.15, -0.1) is 0 Å². The number of carbonyl (C=O) groups excluding carboxylic acids is 1. The minimum atomic E-state index is -4.92. The van der Waals surface area contributed by atoms with Gasteiger partial charge < -0.3 is 9.84 Å². The van der Waals surface area contributed by atoms with Gasteiger partial charge in [-0.3, -0.25) is 5.32 Å². The standard InChI is InChI=1S/C19H20F3NO3/c1-17(2,3)26-16(24)23-15-11-9-14(10-12-15)18(25,19(20,21)22)13-7-5-4-6-8-13/h4-12,25H,1-3H3,(H,23,24). The Bertz CT molecular complexity index is 752. The van der Waals surface area contributed by atoms with Crippen LogP contribution in [-0.4, -0.2) is 23.0 Å². The molecule has 0 aromatic heterocycles. The normalized spacial score (nSPS) is 14.4. The van der Waals surface area contributed by atoms with Gasteiger partial charge in [0.05, 0.1) is 0 Å². The highest BCUT2D eigenvalue weighted by Gasteiger charge is 2.56. The quantitative estimate of drug-likeness (QED) is 0.817. The van der Waals surface area contributed by atoms with Crippen molar-refractivity contribution in [3.05, 3.63) is 65.7 Å². The first-order valence-electron chi connectivity index (χ1n) is 7.88. The summed E-state index contributed by atoms with van der Waals surface area (Å²) in [5.41, 5.74) is -4.25. The predicted molar refractivity (Wildman–Crippen MR) is 91.8 cm³/mol. The zero-order valence-electron chi connectivity index (χ0n) is 14.6. The maximum absolute atomic E-state index is 13.6. The number of ether oxygens (including phenoxy) is 1. The first-order chi connectivity index (χ1) is 11.9. The van der Waals surface area contributed by atoms with E-state index in [0.717, 1.165) is 12.1 Å². The Labute approximate surface area is 149 Å². The number of anilines is 1. The Morgan fingerprint density at radius 3 is 1.88 bits per heavy atom. The van der Waals surface area contributed by atoms with Gasteiger partial charge in [0.25, 0.3) is 0 Å². The maximum Gasteiger partial charge on any atom is 0.425 e. The van der Waals surface area contributed by atoms with Crippen molar-refractivity contribution in [1.29, 1.82) is 0 Å². The second kappa shape index (κ2) is 6.99. The number of nitrogens with one attached hydrogen (secondary N) is 1. The lowest BCUT2D eigenvalue weighted by molar-refractivity contribution is -0.248. The van der Waals surface area contributed by atoms with Crippen molar-refractivity contribution in [1.82, 2.24) is 0 Å². The second-order valence-corrected chi connectivity index (χ2v) is 6.78. The number of amides is 1. The van der Waals surface area contributed by atoms with Gasteiger partial charge >= 0.3 is 12.3 Å². The fraction of sp³-hybridized carbons (Fsp3) is 0.316. The Morgan fingerprint density at radius 1 is 0.923 bits per heavy atom. The summed E-state index contributed by atoms with van der Waals surface area (Å²) in [4.78, 5) is 11.7. The van der Waals surface area contributed by atoms with E-state index < -0.39 is 23.5 Å². The fourth-order valence-electron chi connectivity index (χ4n) is 2.39. The van der Waals surface area contributed by atoms with Crippen molar-refractivity contribution in [2.75, 3.05) is 5.32 Å². The van der Waals surface area contributed by atoms with Crippen LogP contribution in [0.25, 0.3) is 0 Å². The van der Waals surface area contributed by atoms with Crippen molar-refractivity contribution in [3.8, 4) is 0 Å². The molecule has 2 rings (SSSR count). The predicted octanol–water partition coefficient (Wildman–Crippen LogP) is 4.83. The van der Waals surface area contributed by atoms with E-state index in [9.17, 15) is 23.1 Å². The van der Waals surface area contributed by atoms with Gasteiger partial charge in [-0.05, 0) is 44.0 Å². The highest BCUT2D eigenvalue weighted by atomic mass is 19.4. The number of rotatable bonds is 3. The maximum atomic E-state index is 13.6. The van der Waals surface area contributed by atoms with Crippen LogP contribution in [0.1, 0.15) is 31.9 Å². The third-order valence-corrected chi connectivity index (χ3v) is 3.55. The molecular weight excluding hydrogens is 347 g/mol. The Kier molecular flexibility index (Phi) is 5.32. The monoisotopic (exact) mass is 367 g/mol. The van der Waals surface area contributed by atoms with Crippen molar-refractivity contribution >= 4 is 11.8 Å². The summed E-state index contributed by atoms with van der Waals surface area (Å²) in [6, 6.07) is 11.6. The molecule has 26 heavy (non-hydrogen) atoms. The summed E-state index contributed by atoms with van der Waals surface area (Å²) in [5, 5.41) is 12.9. The topological polar surface area (TPSA) is 58.6 Å². The summed E-state index contributed by atoms with van der Waals surface area (Å²) < 4.78 is 46.0. The first kappa shape index (κ1) is 19.8. The average Bonchev–Trinajstić information content (AvgIpc) is 2.52. The molecule has 0 saturated carbocycles. The number of carbonyl (C=O) groups is 1. The molecule has 0 radical (unpaired) electrons. The van der Waals surface area contributed by atoms with Crippen LogP contribution in [-0.2, 0) is 10.3 Å². The molecule has 0 saturated heterocycles. The van der Waals surface area contributed by atoms with E-state index in [1.807, 2.05) is 0 Å². The van der Waals surface area contributed by atoms with Crippen LogP contribution in [0.5, 0.6) is 0 Å². The van der Waals surface area contributed by atoms with E-state index in [4.69, 9.17) is 4.74 Å². The minimum Gasteiger partial charge on any atom is -0.444 e. The number of hydrogen-bond acceptors (Lipinski definition) is 3. The van der Waals surface area contributed by atoms with Crippen LogP contribution in [0.4, 0.5) is 23.7 Å². The average molecular weight is 367 g/mol. The molecule has 2 aromatic carbocycles. The molecule has 0 aliphatic carbocycles. The molecule has 4 nitrogen and oxygen atoms in total. The number of halogens is 3. The van der Waals surface area contributed by atoms with Gasteiger partial charge in [0, 0.05) is 5.69 Å². The summed E-state index contributed by atoms with van der Waals surface area (Å²) in [5.74, 6) is 0. The fourth-order valence-corrected chi connectivity index (χ4v) is 2.39. The number of hydrogen-bond donors (Lipinski definition) is 2. The highest BCUT2D eigenvalue weighted by Crippen LogP contribution is 2.44. The molecule has 0 aliphatic heterocycles. The molecule has 0 aliphatic rings. The molecule has 1 atom stereocenters. The molecule has 0 fully saturated rings. The van der Waals surface area contributed by atoms with Crippen LogP contribution in [0.15, 0.2) is 54.6 Å². The SMILES string of the molecule is CC(C)(C)OC(=O)Nc1ccc(C(O)(c2ccccc2)C(F)(F)F)cc1. The summed E-state index contributed by atoms with van der Waals surface area (Å²) >= 11 is 0. The van der Waals surface area contributed by atoms with Gasteiger partial charge in [0.2, 0.25) is 5.60 Å². The molecule has 1 amide bonds. The Morgan fingerprint density at radius 2 is 1.42 bits per heavy atom. The van der Waals surface area contributed by atoms with Crippen molar-refractivity contribution < 1.29 is 27.8 Å². The lowest BCUT2D eigenvalue weighted by Crippen LogP contribution is -2.43. The molecular formula is C19H20F3NO3. The van der Waals surface area contributed by atoms with E-state index in [1.165, 1.54) is 36.4 Å². The van der Waals surface area contributed by atoms with Gasteiger partial charge in [0.15, 0.2) is 0 Å². The number of benzene rings is 2. The van der Waals surface area contributed by atoms with Crippen molar-refractivity contribution in [3.63, 3.8) is 0 Å². The van der Waals surface area contributed by atoms with Gasteiger partial charge in [-0.2, -0.15) is 13.2 Å². The van der Waals surface area contributed by atoms with Crippen LogP contribution in [0, 0.1) is 0 Å². The van der Waals surface area contributed by atoms with E-state index >= 15 is 0 Å². The molecule has 2 aromatic rings. The van der Waals surface area contributed by atoms with Crippen molar-refractivity contribution in [2.24, 2.45) is 0 Å². The van der Waals surface area contributed by atoms with E-state index in [0.29, 0.717) is 0 Å². The van der Waals surface area contributed by atoms with Gasteiger partial charge in [0.1, 0.15) is 5.60 Å². The largest absolute Gasteiger partial charge is 0.444 e. The zero-order valence-corrected chi connectivity index (χ0v) is 14.6. The van der Waals surface area contributed by atoms with E-state index in [2.05, 4.69) is 5.32 Å². The highest BCUT2D eigenvalue weighted by molar-refractivity contribution is 5.84. The molecule has 7 heteroatoms. The lowest BCUT2D eigenvalue weighted by atomic mass is 9.85. The molecule has 0 bridgehead atoms. The second-order valence-electron chi connectivity index (χ2n) is 6.78. The summed E-state index contributed by atoms with van der Waals surface area (Å²) in [7, 11) is 0. The molecule has 0 spiro atoms. The third-order valence-electron chi connectivity index (χ3n) is 3.55. The lowest BCUT2D eigenvalue weighted by Gasteiger charge is -2.31. The van der Waals surface area contributed by atoms with E-state index in [1.54, 1.807) is 26.8 Å². The minimum absolute atomic E-state index is 0.251. The van der Waals surface area contributed by atoms with Crippen LogP contribution < -0.4 is 5.32 Å². The van der Waals surface area contributed by atoms with Crippen LogP contribution in [0.2, 0.25) is 0 Å². The van der Waals surface area contributed by atoms with Gasteiger partial charge in [-0.25, -0.2) is 4.79 Å².